The first-order valence-electron chi connectivity index (χ1n) is 16.6. The zero-order valence-electron chi connectivity index (χ0n) is 29.9. The summed E-state index contributed by atoms with van der Waals surface area (Å²) in [7, 11) is 6.30. The highest BCUT2D eigenvalue weighted by molar-refractivity contribution is 5.74. The van der Waals surface area contributed by atoms with Crippen LogP contribution >= 0.6 is 0 Å². The molecule has 5 heterocycles. The van der Waals surface area contributed by atoms with E-state index in [9.17, 15) is 9.59 Å². The maximum absolute atomic E-state index is 12.3. The molecule has 8 bridgehead atoms. The molecule has 0 aliphatic carbocycles. The van der Waals surface area contributed by atoms with Gasteiger partial charge in [-0.15, -0.1) is 0 Å². The van der Waals surface area contributed by atoms with Gasteiger partial charge in [0.1, 0.15) is 0 Å². The molecule has 0 fully saturated rings. The quantitative estimate of drug-likeness (QED) is 0.279. The van der Waals surface area contributed by atoms with Crippen molar-refractivity contribution in [2.45, 2.75) is 91.5 Å². The SMILES string of the molecule is COC(=O)CCC1=C(C)C2/C=c3\[nH]/c(c(C(C)OC)c3C)=C\C3N/C(=C\c4[nH]c(c(CCC(=O)OC)c4C)/C=C/1N2)C(C(C)OC)=C3C. The van der Waals surface area contributed by atoms with Gasteiger partial charge in [-0.2, -0.15) is 0 Å². The van der Waals surface area contributed by atoms with E-state index in [4.69, 9.17) is 18.9 Å². The third-order valence-corrected chi connectivity index (χ3v) is 10.3. The van der Waals surface area contributed by atoms with E-state index in [1.165, 1.54) is 19.8 Å². The van der Waals surface area contributed by atoms with E-state index in [2.05, 4.69) is 86.4 Å². The van der Waals surface area contributed by atoms with Crippen LogP contribution in [0.1, 0.15) is 86.7 Å². The van der Waals surface area contributed by atoms with Crippen LogP contribution in [0.3, 0.4) is 0 Å². The highest BCUT2D eigenvalue weighted by Gasteiger charge is 2.31. The summed E-state index contributed by atoms with van der Waals surface area (Å²) < 4.78 is 21.7. The third kappa shape index (κ3) is 6.69. The van der Waals surface area contributed by atoms with Crippen LogP contribution in [0.25, 0.3) is 24.3 Å². The Labute approximate surface area is 283 Å². The molecule has 258 valence electrons. The van der Waals surface area contributed by atoms with Gasteiger partial charge in [-0.3, -0.25) is 9.59 Å². The third-order valence-electron chi connectivity index (χ3n) is 10.3. The van der Waals surface area contributed by atoms with Crippen molar-refractivity contribution < 1.29 is 28.5 Å². The minimum absolute atomic E-state index is 0.0818. The van der Waals surface area contributed by atoms with E-state index in [1.807, 2.05) is 0 Å². The fraction of sp³-hybridized carbons (Fsp3) is 0.474. The van der Waals surface area contributed by atoms with Gasteiger partial charge in [-0.05, 0) is 112 Å². The monoisotopic (exact) mass is 658 g/mol. The number of hydrogen-bond acceptors (Lipinski definition) is 8. The lowest BCUT2D eigenvalue weighted by Crippen LogP contribution is -2.27. The van der Waals surface area contributed by atoms with Crippen molar-refractivity contribution in [3.63, 3.8) is 0 Å². The molecule has 5 rings (SSSR count). The van der Waals surface area contributed by atoms with Gasteiger partial charge in [-0.25, -0.2) is 0 Å². The molecule has 4 N–H and O–H groups in total. The standard InChI is InChI=1S/C38H50N4O6/c1-19-25(11-13-35(43)47-9)31-18-32-26(12-14-36(44)48-10)20(2)28(40-32)16-33-38(24(6)46-8)22(4)30(42-33)17-34-37(23(5)45-7)21(3)29(41-34)15-27(19)39-31/h15-18,23-24,27,30,39-42H,11-14H2,1-10H3/b29-15-,31-18-,33-16-,34-17-. The van der Waals surface area contributed by atoms with Gasteiger partial charge in [0.25, 0.3) is 0 Å². The summed E-state index contributed by atoms with van der Waals surface area (Å²) in [6, 6.07) is -0.199. The van der Waals surface area contributed by atoms with Crippen molar-refractivity contribution in [1.82, 2.24) is 20.6 Å². The smallest absolute Gasteiger partial charge is 0.305 e. The van der Waals surface area contributed by atoms with Gasteiger partial charge in [0.05, 0.1) is 38.5 Å². The summed E-state index contributed by atoms with van der Waals surface area (Å²) in [5, 5.41) is 9.54. The molecule has 0 saturated heterocycles. The number of carbonyl (C=O) groups is 2. The molecule has 0 spiro atoms. The number of H-pyrrole nitrogens is 2. The Morgan fingerprint density at radius 3 is 1.94 bits per heavy atom. The van der Waals surface area contributed by atoms with E-state index < -0.39 is 0 Å². The molecule has 4 unspecified atom stereocenters. The molecule has 0 saturated carbocycles. The highest BCUT2D eigenvalue weighted by Crippen LogP contribution is 2.35. The van der Waals surface area contributed by atoms with Gasteiger partial charge >= 0.3 is 11.9 Å². The zero-order chi connectivity index (χ0) is 34.9. The molecule has 2 aromatic heterocycles. The minimum atomic E-state index is -0.260. The second-order valence-corrected chi connectivity index (χ2v) is 12.9. The van der Waals surface area contributed by atoms with Gasteiger partial charge in [-0.1, -0.05) is 0 Å². The van der Waals surface area contributed by atoms with Crippen molar-refractivity contribution >= 4 is 36.2 Å². The lowest BCUT2D eigenvalue weighted by Gasteiger charge is -2.14. The average molecular weight is 659 g/mol. The summed E-state index contributed by atoms with van der Waals surface area (Å²) in [4.78, 5) is 32.0. The van der Waals surface area contributed by atoms with Crippen molar-refractivity contribution in [2.75, 3.05) is 28.4 Å². The molecule has 10 heteroatoms. The molecule has 2 aromatic rings. The van der Waals surface area contributed by atoms with E-state index in [1.54, 1.807) is 14.2 Å². The normalized spacial score (nSPS) is 23.5. The van der Waals surface area contributed by atoms with Gasteiger partial charge in [0.2, 0.25) is 0 Å². The molecule has 10 nitrogen and oxygen atoms in total. The Morgan fingerprint density at radius 1 is 0.708 bits per heavy atom. The average Bonchev–Trinajstić information content (AvgIpc) is 3.74. The summed E-state index contributed by atoms with van der Waals surface area (Å²) >= 11 is 0. The van der Waals surface area contributed by atoms with E-state index in [0.29, 0.717) is 12.8 Å². The number of methoxy groups -OCH3 is 4. The van der Waals surface area contributed by atoms with E-state index in [0.717, 1.165) is 72.5 Å². The first-order valence-corrected chi connectivity index (χ1v) is 16.6. The number of allylic oxidation sites excluding steroid dienone is 1. The predicted molar refractivity (Wildman–Crippen MR) is 188 cm³/mol. The second-order valence-electron chi connectivity index (χ2n) is 12.9. The van der Waals surface area contributed by atoms with Crippen LogP contribution in [0, 0.1) is 13.8 Å². The fourth-order valence-corrected chi connectivity index (χ4v) is 7.21. The van der Waals surface area contributed by atoms with Crippen LogP contribution in [0.2, 0.25) is 0 Å². The fourth-order valence-electron chi connectivity index (χ4n) is 7.21. The van der Waals surface area contributed by atoms with Crippen LogP contribution in [-0.4, -0.2) is 68.5 Å². The number of aromatic amines is 2. The van der Waals surface area contributed by atoms with Crippen molar-refractivity contribution in [2.24, 2.45) is 0 Å². The number of hydrogen-bond donors (Lipinski definition) is 4. The van der Waals surface area contributed by atoms with Gasteiger partial charge in [0.15, 0.2) is 0 Å². The largest absolute Gasteiger partial charge is 0.469 e. The maximum Gasteiger partial charge on any atom is 0.305 e. The van der Waals surface area contributed by atoms with Crippen molar-refractivity contribution in [3.8, 4) is 0 Å². The van der Waals surface area contributed by atoms with Crippen LogP contribution in [0.5, 0.6) is 0 Å². The minimum Gasteiger partial charge on any atom is -0.469 e. The Kier molecular flexibility index (Phi) is 10.6. The summed E-state index contributed by atoms with van der Waals surface area (Å²) in [5.41, 5.74) is 12.6. The number of rotatable bonds is 10. The summed E-state index contributed by atoms with van der Waals surface area (Å²) in [5.74, 6) is -0.515. The first kappa shape index (κ1) is 35.0. The molecule has 3 aliphatic heterocycles. The molecule has 3 aliphatic rings. The molecule has 0 radical (unpaired) electrons. The number of ether oxygens (including phenoxy) is 4. The summed E-state index contributed by atoms with van der Waals surface area (Å²) in [6.45, 7) is 12.6. The number of carbonyl (C=O) groups excluding carboxylic acids is 2. The van der Waals surface area contributed by atoms with Crippen molar-refractivity contribution in [3.05, 3.63) is 78.0 Å². The maximum atomic E-state index is 12.3. The first-order chi connectivity index (χ1) is 22.9. The van der Waals surface area contributed by atoms with Crippen LogP contribution < -0.4 is 21.3 Å². The van der Waals surface area contributed by atoms with Gasteiger partial charge < -0.3 is 39.5 Å². The number of fused-ring (bicyclic) bond motifs is 8. The molecule has 0 amide bonds. The van der Waals surface area contributed by atoms with Crippen LogP contribution in [0.4, 0.5) is 0 Å². The zero-order valence-corrected chi connectivity index (χ0v) is 29.9. The predicted octanol–water partition coefficient (Wildman–Crippen LogP) is 4.29. The molecular formula is C38H50N4O6. The second kappa shape index (κ2) is 14.5. The Hall–Kier alpha value is -4.28. The van der Waals surface area contributed by atoms with Crippen molar-refractivity contribution in [1.29, 1.82) is 0 Å². The lowest BCUT2D eigenvalue weighted by molar-refractivity contribution is -0.141. The number of nitrogens with one attached hydrogen (secondary N) is 4. The number of aromatic nitrogens is 2. The molecular weight excluding hydrogens is 608 g/mol. The summed E-state index contributed by atoms with van der Waals surface area (Å²) in [6.07, 6.45) is 10.0. The Bertz CT molecular complexity index is 1850. The lowest BCUT2D eigenvalue weighted by atomic mass is 9.98. The highest BCUT2D eigenvalue weighted by atomic mass is 16.5. The van der Waals surface area contributed by atoms with Gasteiger partial charge in [0, 0.05) is 71.7 Å². The molecule has 4 atom stereocenters. The Morgan fingerprint density at radius 2 is 1.29 bits per heavy atom. The van der Waals surface area contributed by atoms with E-state index in [-0.39, 0.29) is 49.1 Å². The molecule has 48 heavy (non-hydrogen) atoms. The Balaban J connectivity index is 1.80. The van der Waals surface area contributed by atoms with Crippen LogP contribution in [0.15, 0.2) is 33.7 Å². The number of esters is 2. The molecule has 0 aromatic carbocycles. The van der Waals surface area contributed by atoms with Crippen LogP contribution in [-0.2, 0) is 35.0 Å². The topological polar surface area (TPSA) is 127 Å². The van der Waals surface area contributed by atoms with E-state index >= 15 is 0 Å².